The van der Waals surface area contributed by atoms with Crippen molar-refractivity contribution in [3.8, 4) is 0 Å². The van der Waals surface area contributed by atoms with Crippen molar-refractivity contribution < 1.29 is 4.79 Å². The second-order valence-corrected chi connectivity index (χ2v) is 2.53. The Bertz CT molecular complexity index is 259. The molecule has 3 nitrogen and oxygen atoms in total. The fourth-order valence-electron chi connectivity index (χ4n) is 1.12. The Morgan fingerprint density at radius 1 is 1.29 bits per heavy atom. The van der Waals surface area contributed by atoms with Gasteiger partial charge in [-0.25, -0.2) is 0 Å². The largest absolute Gasteiger partial charge is 0.368 e. The van der Waals surface area contributed by atoms with Crippen LogP contribution in [-0.4, -0.2) is 13.0 Å². The third-order valence-corrected chi connectivity index (χ3v) is 1.71. The quantitative estimate of drug-likeness (QED) is 0.765. The van der Waals surface area contributed by atoms with Gasteiger partial charge in [0.1, 0.15) is 6.04 Å². The van der Waals surface area contributed by atoms with Crippen molar-refractivity contribution in [3.05, 3.63) is 35.9 Å². The molecule has 0 saturated heterocycles. The van der Waals surface area contributed by atoms with Crippen LogP contribution in [0, 0.1) is 0 Å². The molecule has 1 aromatic rings. The molecule has 0 radical (unpaired) electrons. The SMILES string of the molecule is CC.CN[C@H](C(N)=O)c1ccccc1. The van der Waals surface area contributed by atoms with Gasteiger partial charge in [0.2, 0.25) is 5.91 Å². The molecule has 0 fully saturated rings. The third kappa shape index (κ3) is 3.58. The fraction of sp³-hybridized carbons (Fsp3) is 0.364. The molecule has 0 unspecified atom stereocenters. The van der Waals surface area contributed by atoms with Crippen LogP contribution in [0.4, 0.5) is 0 Å². The minimum absolute atomic E-state index is 0.358. The number of hydrogen-bond donors (Lipinski definition) is 2. The Balaban J connectivity index is 0.000000791. The lowest BCUT2D eigenvalue weighted by atomic mass is 10.1. The molecule has 0 bridgehead atoms. The molecule has 0 aliphatic rings. The first kappa shape index (κ1) is 12.7. The maximum atomic E-state index is 10.9. The van der Waals surface area contributed by atoms with E-state index in [4.69, 9.17) is 5.73 Å². The lowest BCUT2D eigenvalue weighted by Crippen LogP contribution is -2.31. The van der Waals surface area contributed by atoms with E-state index in [0.29, 0.717) is 0 Å². The summed E-state index contributed by atoms with van der Waals surface area (Å²) in [5, 5.41) is 2.84. The average molecular weight is 194 g/mol. The summed E-state index contributed by atoms with van der Waals surface area (Å²) in [5.41, 5.74) is 6.07. The van der Waals surface area contributed by atoms with Gasteiger partial charge >= 0.3 is 0 Å². The molecule has 0 saturated carbocycles. The number of carbonyl (C=O) groups excluding carboxylic acids is 1. The van der Waals surface area contributed by atoms with Gasteiger partial charge in [-0.2, -0.15) is 0 Å². The molecule has 78 valence electrons. The van der Waals surface area contributed by atoms with E-state index in [-0.39, 0.29) is 11.9 Å². The van der Waals surface area contributed by atoms with E-state index in [1.165, 1.54) is 0 Å². The summed E-state index contributed by atoms with van der Waals surface area (Å²) in [6.45, 7) is 4.00. The Morgan fingerprint density at radius 3 is 2.14 bits per heavy atom. The van der Waals surface area contributed by atoms with Crippen LogP contribution in [0.2, 0.25) is 0 Å². The Labute approximate surface area is 85.3 Å². The summed E-state index contributed by atoms with van der Waals surface area (Å²) in [4.78, 5) is 10.9. The number of primary amides is 1. The standard InChI is InChI=1S/C9H12N2O.C2H6/c1-11-8(9(10)12)7-5-3-2-4-6-7;1-2/h2-6,8,11H,1H3,(H2,10,12);1-2H3/t8-;/m0./s1. The van der Waals surface area contributed by atoms with Crippen LogP contribution in [0.25, 0.3) is 0 Å². The zero-order chi connectivity index (χ0) is 11.0. The Hall–Kier alpha value is -1.35. The summed E-state index contributed by atoms with van der Waals surface area (Å²) >= 11 is 0. The summed E-state index contributed by atoms with van der Waals surface area (Å²) in [6, 6.07) is 9.01. The van der Waals surface area contributed by atoms with Gasteiger partial charge in [-0.05, 0) is 12.6 Å². The molecule has 1 amide bonds. The lowest BCUT2D eigenvalue weighted by Gasteiger charge is -2.11. The van der Waals surface area contributed by atoms with E-state index < -0.39 is 0 Å². The van der Waals surface area contributed by atoms with Crippen LogP contribution in [0.15, 0.2) is 30.3 Å². The highest BCUT2D eigenvalue weighted by atomic mass is 16.1. The molecule has 0 spiro atoms. The van der Waals surface area contributed by atoms with Crippen molar-refractivity contribution in [1.82, 2.24) is 5.32 Å². The van der Waals surface area contributed by atoms with Crippen molar-refractivity contribution in [2.45, 2.75) is 19.9 Å². The van der Waals surface area contributed by atoms with E-state index in [0.717, 1.165) is 5.56 Å². The first-order valence-corrected chi connectivity index (χ1v) is 4.77. The molecular weight excluding hydrogens is 176 g/mol. The zero-order valence-corrected chi connectivity index (χ0v) is 8.95. The number of benzene rings is 1. The highest BCUT2D eigenvalue weighted by molar-refractivity contribution is 5.81. The second-order valence-electron chi connectivity index (χ2n) is 2.53. The Kier molecular flexibility index (Phi) is 6.41. The normalized spacial score (nSPS) is 11.1. The number of hydrogen-bond acceptors (Lipinski definition) is 2. The summed E-state index contributed by atoms with van der Waals surface area (Å²) in [5.74, 6) is -0.358. The predicted octanol–water partition coefficient (Wildman–Crippen LogP) is 1.46. The number of rotatable bonds is 3. The number of nitrogens with one attached hydrogen (secondary N) is 1. The number of nitrogens with two attached hydrogens (primary N) is 1. The first-order chi connectivity index (χ1) is 6.75. The van der Waals surface area contributed by atoms with Gasteiger partial charge in [-0.15, -0.1) is 0 Å². The minimum atomic E-state index is -0.383. The van der Waals surface area contributed by atoms with E-state index in [1.54, 1.807) is 7.05 Å². The van der Waals surface area contributed by atoms with Crippen LogP contribution in [-0.2, 0) is 4.79 Å². The van der Waals surface area contributed by atoms with Crippen LogP contribution >= 0.6 is 0 Å². The van der Waals surface area contributed by atoms with Gasteiger partial charge in [0, 0.05) is 0 Å². The van der Waals surface area contributed by atoms with E-state index in [9.17, 15) is 4.79 Å². The molecule has 1 atom stereocenters. The van der Waals surface area contributed by atoms with Gasteiger partial charge in [0.15, 0.2) is 0 Å². The van der Waals surface area contributed by atoms with Gasteiger partial charge in [-0.3, -0.25) is 4.79 Å². The zero-order valence-electron chi connectivity index (χ0n) is 8.95. The minimum Gasteiger partial charge on any atom is -0.368 e. The molecule has 0 heterocycles. The average Bonchev–Trinajstić information content (AvgIpc) is 2.23. The summed E-state index contributed by atoms with van der Waals surface area (Å²) in [6.07, 6.45) is 0. The molecule has 0 aromatic heterocycles. The maximum absolute atomic E-state index is 10.9. The number of amides is 1. The monoisotopic (exact) mass is 194 g/mol. The van der Waals surface area contributed by atoms with Crippen LogP contribution < -0.4 is 11.1 Å². The lowest BCUT2D eigenvalue weighted by molar-refractivity contribution is -0.120. The fourth-order valence-corrected chi connectivity index (χ4v) is 1.12. The third-order valence-electron chi connectivity index (χ3n) is 1.71. The Morgan fingerprint density at radius 2 is 1.79 bits per heavy atom. The van der Waals surface area contributed by atoms with Gasteiger partial charge in [0.25, 0.3) is 0 Å². The molecular formula is C11H18N2O. The van der Waals surface area contributed by atoms with Crippen molar-refractivity contribution in [2.24, 2.45) is 5.73 Å². The summed E-state index contributed by atoms with van der Waals surface area (Å²) in [7, 11) is 1.71. The van der Waals surface area contributed by atoms with Gasteiger partial charge in [-0.1, -0.05) is 44.2 Å². The molecule has 0 aliphatic carbocycles. The number of likely N-dealkylation sites (N-methyl/N-ethyl adjacent to an activating group) is 1. The molecule has 0 aliphatic heterocycles. The van der Waals surface area contributed by atoms with E-state index in [2.05, 4.69) is 5.32 Å². The van der Waals surface area contributed by atoms with E-state index >= 15 is 0 Å². The second kappa shape index (κ2) is 7.09. The summed E-state index contributed by atoms with van der Waals surface area (Å²) < 4.78 is 0. The van der Waals surface area contributed by atoms with Crippen LogP contribution in [0.1, 0.15) is 25.5 Å². The molecule has 14 heavy (non-hydrogen) atoms. The van der Waals surface area contributed by atoms with Crippen LogP contribution in [0.5, 0.6) is 0 Å². The van der Waals surface area contributed by atoms with Crippen molar-refractivity contribution in [3.63, 3.8) is 0 Å². The number of carbonyl (C=O) groups is 1. The van der Waals surface area contributed by atoms with Gasteiger partial charge in [0.05, 0.1) is 0 Å². The topological polar surface area (TPSA) is 55.1 Å². The highest BCUT2D eigenvalue weighted by Gasteiger charge is 2.13. The molecule has 3 N–H and O–H groups in total. The van der Waals surface area contributed by atoms with Crippen molar-refractivity contribution in [1.29, 1.82) is 0 Å². The first-order valence-electron chi connectivity index (χ1n) is 4.77. The predicted molar refractivity (Wildman–Crippen MR) is 58.8 cm³/mol. The van der Waals surface area contributed by atoms with Crippen molar-refractivity contribution >= 4 is 5.91 Å². The molecule has 1 aromatic carbocycles. The smallest absolute Gasteiger partial charge is 0.239 e. The maximum Gasteiger partial charge on any atom is 0.239 e. The van der Waals surface area contributed by atoms with Crippen LogP contribution in [0.3, 0.4) is 0 Å². The van der Waals surface area contributed by atoms with Gasteiger partial charge < -0.3 is 11.1 Å². The van der Waals surface area contributed by atoms with Crippen molar-refractivity contribution in [2.75, 3.05) is 7.05 Å². The van der Waals surface area contributed by atoms with E-state index in [1.807, 2.05) is 44.2 Å². The molecule has 1 rings (SSSR count). The highest BCUT2D eigenvalue weighted by Crippen LogP contribution is 2.10. The molecule has 3 heteroatoms.